The van der Waals surface area contributed by atoms with Crippen molar-refractivity contribution in [2.45, 2.75) is 13.8 Å². The van der Waals surface area contributed by atoms with E-state index in [1.165, 1.54) is 12.1 Å². The molecule has 0 saturated carbocycles. The SMILES string of the molecule is CCOC(=O)c1cc(C)c(F)c(I)c1. The lowest BCUT2D eigenvalue weighted by Crippen LogP contribution is -2.06. The lowest BCUT2D eigenvalue weighted by Gasteiger charge is -2.05. The maximum absolute atomic E-state index is 13.2. The van der Waals surface area contributed by atoms with E-state index in [1.807, 2.05) is 22.6 Å². The Morgan fingerprint density at radius 3 is 2.71 bits per heavy atom. The molecule has 0 saturated heterocycles. The van der Waals surface area contributed by atoms with Gasteiger partial charge in [0, 0.05) is 3.57 Å². The molecular weight excluding hydrogens is 298 g/mol. The zero-order valence-electron chi connectivity index (χ0n) is 7.93. The quantitative estimate of drug-likeness (QED) is 0.620. The number of carbonyl (C=O) groups excluding carboxylic acids is 1. The van der Waals surface area contributed by atoms with Gasteiger partial charge in [-0.05, 0) is 54.1 Å². The molecule has 4 heteroatoms. The third-order valence-electron chi connectivity index (χ3n) is 1.72. The summed E-state index contributed by atoms with van der Waals surface area (Å²) in [5, 5.41) is 0. The number of halogens is 2. The van der Waals surface area contributed by atoms with Crippen molar-refractivity contribution in [3.05, 3.63) is 32.6 Å². The molecule has 0 aromatic heterocycles. The third kappa shape index (κ3) is 2.43. The second-order valence-electron chi connectivity index (χ2n) is 2.81. The van der Waals surface area contributed by atoms with E-state index in [1.54, 1.807) is 13.8 Å². The second kappa shape index (κ2) is 4.72. The Morgan fingerprint density at radius 2 is 2.21 bits per heavy atom. The molecule has 0 amide bonds. The minimum atomic E-state index is -0.409. The van der Waals surface area contributed by atoms with Gasteiger partial charge in [0.2, 0.25) is 0 Å². The molecule has 0 N–H and O–H groups in total. The summed E-state index contributed by atoms with van der Waals surface area (Å²) in [6.07, 6.45) is 0. The highest BCUT2D eigenvalue weighted by atomic mass is 127. The highest BCUT2D eigenvalue weighted by Crippen LogP contribution is 2.17. The van der Waals surface area contributed by atoms with Gasteiger partial charge in [0.15, 0.2) is 0 Å². The summed E-state index contributed by atoms with van der Waals surface area (Å²) in [6, 6.07) is 2.98. The fraction of sp³-hybridized carbons (Fsp3) is 0.300. The van der Waals surface area contributed by atoms with Crippen LogP contribution in [0.1, 0.15) is 22.8 Å². The number of carbonyl (C=O) groups is 1. The molecule has 1 aromatic rings. The number of ether oxygens (including phenoxy) is 1. The van der Waals surface area contributed by atoms with Crippen molar-refractivity contribution in [1.29, 1.82) is 0 Å². The Morgan fingerprint density at radius 1 is 1.57 bits per heavy atom. The summed E-state index contributed by atoms with van der Waals surface area (Å²) in [4.78, 5) is 11.3. The lowest BCUT2D eigenvalue weighted by atomic mass is 10.1. The Labute approximate surface area is 95.6 Å². The Bertz CT molecular complexity index is 340. The van der Waals surface area contributed by atoms with E-state index in [-0.39, 0.29) is 5.82 Å². The first-order valence-corrected chi connectivity index (χ1v) is 5.27. The number of rotatable bonds is 2. The second-order valence-corrected chi connectivity index (χ2v) is 3.97. The molecule has 1 aromatic carbocycles. The number of aryl methyl sites for hydroxylation is 1. The average Bonchev–Trinajstić information content (AvgIpc) is 2.13. The van der Waals surface area contributed by atoms with Crippen LogP contribution < -0.4 is 0 Å². The van der Waals surface area contributed by atoms with Gasteiger partial charge in [0.05, 0.1) is 12.2 Å². The van der Waals surface area contributed by atoms with Gasteiger partial charge in [-0.3, -0.25) is 0 Å². The van der Waals surface area contributed by atoms with E-state index in [4.69, 9.17) is 4.74 Å². The predicted molar refractivity (Wildman–Crippen MR) is 59.8 cm³/mol. The highest BCUT2D eigenvalue weighted by Gasteiger charge is 2.11. The standard InChI is InChI=1S/C10H10FIO2/c1-3-14-10(13)7-4-6(2)9(11)8(12)5-7/h4-5H,3H2,1-2H3. The summed E-state index contributed by atoms with van der Waals surface area (Å²) in [6.45, 7) is 3.69. The van der Waals surface area contributed by atoms with Gasteiger partial charge < -0.3 is 4.74 Å². The molecule has 0 atom stereocenters. The maximum Gasteiger partial charge on any atom is 0.338 e. The van der Waals surface area contributed by atoms with E-state index in [0.717, 1.165) is 0 Å². The van der Waals surface area contributed by atoms with Crippen LogP contribution in [0.5, 0.6) is 0 Å². The molecule has 0 bridgehead atoms. The fourth-order valence-electron chi connectivity index (χ4n) is 1.06. The summed E-state index contributed by atoms with van der Waals surface area (Å²) in [5.41, 5.74) is 0.857. The third-order valence-corrected chi connectivity index (χ3v) is 2.51. The molecule has 0 aliphatic heterocycles. The zero-order valence-corrected chi connectivity index (χ0v) is 10.1. The molecule has 0 unspecified atom stereocenters. The van der Waals surface area contributed by atoms with E-state index < -0.39 is 5.97 Å². The largest absolute Gasteiger partial charge is 0.462 e. The minimum absolute atomic E-state index is 0.279. The first-order chi connectivity index (χ1) is 6.56. The first-order valence-electron chi connectivity index (χ1n) is 4.19. The van der Waals surface area contributed by atoms with E-state index in [2.05, 4.69) is 0 Å². The van der Waals surface area contributed by atoms with E-state index >= 15 is 0 Å². The van der Waals surface area contributed by atoms with Crippen molar-refractivity contribution in [2.24, 2.45) is 0 Å². The zero-order chi connectivity index (χ0) is 10.7. The number of benzene rings is 1. The molecule has 0 spiro atoms. The van der Waals surface area contributed by atoms with E-state index in [0.29, 0.717) is 21.3 Å². The topological polar surface area (TPSA) is 26.3 Å². The molecule has 76 valence electrons. The van der Waals surface area contributed by atoms with Gasteiger partial charge in [0.25, 0.3) is 0 Å². The van der Waals surface area contributed by atoms with Gasteiger partial charge in [-0.15, -0.1) is 0 Å². The van der Waals surface area contributed by atoms with Crippen molar-refractivity contribution in [1.82, 2.24) is 0 Å². The Hall–Kier alpha value is -0.650. The van der Waals surface area contributed by atoms with Crippen LogP contribution in [0.25, 0.3) is 0 Å². The smallest absolute Gasteiger partial charge is 0.338 e. The average molecular weight is 308 g/mol. The summed E-state index contributed by atoms with van der Waals surface area (Å²) in [7, 11) is 0. The van der Waals surface area contributed by atoms with Crippen LogP contribution in [0.4, 0.5) is 4.39 Å². The van der Waals surface area contributed by atoms with Crippen LogP contribution in [-0.2, 0) is 4.74 Å². The highest BCUT2D eigenvalue weighted by molar-refractivity contribution is 14.1. The van der Waals surface area contributed by atoms with Gasteiger partial charge >= 0.3 is 5.97 Å². The van der Waals surface area contributed by atoms with Gasteiger partial charge in [0.1, 0.15) is 5.82 Å². The molecule has 2 nitrogen and oxygen atoms in total. The summed E-state index contributed by atoms with van der Waals surface area (Å²) in [5.74, 6) is -0.688. The molecule has 1 rings (SSSR count). The monoisotopic (exact) mass is 308 g/mol. The van der Waals surface area contributed by atoms with Crippen LogP contribution in [0.3, 0.4) is 0 Å². The van der Waals surface area contributed by atoms with Crippen LogP contribution in [0.15, 0.2) is 12.1 Å². The van der Waals surface area contributed by atoms with Crippen molar-refractivity contribution in [2.75, 3.05) is 6.61 Å². The number of esters is 1. The Balaban J connectivity index is 3.06. The van der Waals surface area contributed by atoms with Crippen molar-refractivity contribution in [3.63, 3.8) is 0 Å². The molecule has 14 heavy (non-hydrogen) atoms. The van der Waals surface area contributed by atoms with Crippen LogP contribution in [-0.4, -0.2) is 12.6 Å². The lowest BCUT2D eigenvalue weighted by molar-refractivity contribution is 0.0526. The maximum atomic E-state index is 13.2. The molecular formula is C10H10FIO2. The minimum Gasteiger partial charge on any atom is -0.462 e. The van der Waals surface area contributed by atoms with Gasteiger partial charge in [-0.2, -0.15) is 0 Å². The normalized spacial score (nSPS) is 10.0. The van der Waals surface area contributed by atoms with Crippen molar-refractivity contribution >= 4 is 28.6 Å². The van der Waals surface area contributed by atoms with Crippen LogP contribution in [0.2, 0.25) is 0 Å². The first kappa shape index (κ1) is 11.4. The molecule has 0 aliphatic carbocycles. The van der Waals surface area contributed by atoms with Crippen LogP contribution >= 0.6 is 22.6 Å². The van der Waals surface area contributed by atoms with E-state index in [9.17, 15) is 9.18 Å². The fourth-order valence-corrected chi connectivity index (χ4v) is 1.82. The predicted octanol–water partition coefficient (Wildman–Crippen LogP) is 2.92. The van der Waals surface area contributed by atoms with Crippen LogP contribution in [0, 0.1) is 16.3 Å². The molecule has 0 heterocycles. The molecule has 0 radical (unpaired) electrons. The van der Waals surface area contributed by atoms with Crippen molar-refractivity contribution in [3.8, 4) is 0 Å². The summed E-state index contributed by atoms with van der Waals surface area (Å²) < 4.78 is 18.4. The number of hydrogen-bond acceptors (Lipinski definition) is 2. The molecule has 0 aliphatic rings. The van der Waals surface area contributed by atoms with Gasteiger partial charge in [-0.1, -0.05) is 0 Å². The summed E-state index contributed by atoms with van der Waals surface area (Å²) >= 11 is 1.85. The molecule has 0 fully saturated rings. The Kier molecular flexibility index (Phi) is 3.86. The number of hydrogen-bond donors (Lipinski definition) is 0. The van der Waals surface area contributed by atoms with Gasteiger partial charge in [-0.25, -0.2) is 9.18 Å². The van der Waals surface area contributed by atoms with Crippen molar-refractivity contribution < 1.29 is 13.9 Å².